The summed E-state index contributed by atoms with van der Waals surface area (Å²) in [7, 11) is 0. The predicted octanol–water partition coefficient (Wildman–Crippen LogP) is 3.06. The quantitative estimate of drug-likeness (QED) is 0.787. The molecule has 0 radical (unpaired) electrons. The van der Waals surface area contributed by atoms with Crippen LogP contribution in [0.25, 0.3) is 0 Å². The van der Waals surface area contributed by atoms with Crippen molar-refractivity contribution in [1.82, 2.24) is 5.32 Å². The molecule has 0 saturated heterocycles. The summed E-state index contributed by atoms with van der Waals surface area (Å²) in [5, 5.41) is 12.0. The summed E-state index contributed by atoms with van der Waals surface area (Å²) in [6.45, 7) is 8.28. The van der Waals surface area contributed by atoms with Crippen molar-refractivity contribution in [2.24, 2.45) is 23.7 Å². The molecule has 1 amide bonds. The average molecular weight is 283 g/mol. The highest BCUT2D eigenvalue weighted by Crippen LogP contribution is 2.33. The average Bonchev–Trinajstić information content (AvgIpc) is 2.43. The van der Waals surface area contributed by atoms with E-state index in [0.717, 1.165) is 32.1 Å². The summed E-state index contributed by atoms with van der Waals surface area (Å²) >= 11 is 0. The Bertz CT molecular complexity index is 333. The van der Waals surface area contributed by atoms with Gasteiger partial charge in [0.2, 0.25) is 5.91 Å². The van der Waals surface area contributed by atoms with Crippen LogP contribution in [0.2, 0.25) is 0 Å². The molecule has 1 rings (SSSR count). The molecule has 0 unspecified atom stereocenters. The molecule has 1 aliphatic rings. The van der Waals surface area contributed by atoms with Gasteiger partial charge in [-0.3, -0.25) is 4.79 Å². The second kappa shape index (κ2) is 7.65. The molecule has 20 heavy (non-hydrogen) atoms. The standard InChI is InChI=1S/C16H29NO3/c1-5-11(4)14(16(19)20)17-15(18)13-8-6-12(7-9-13)10(2)3/h10-14H,5-9H2,1-4H3,(H,17,18)(H,19,20)/t11-,12?,13?,14+/m1/s1. The van der Waals surface area contributed by atoms with Crippen LogP contribution in [0.4, 0.5) is 0 Å². The van der Waals surface area contributed by atoms with Crippen molar-refractivity contribution >= 4 is 11.9 Å². The van der Waals surface area contributed by atoms with E-state index in [1.165, 1.54) is 0 Å². The zero-order valence-electron chi connectivity index (χ0n) is 13.2. The molecule has 0 heterocycles. The summed E-state index contributed by atoms with van der Waals surface area (Å²) in [5.41, 5.74) is 0. The second-order valence-corrected chi connectivity index (χ2v) is 6.57. The Labute approximate surface area is 122 Å². The van der Waals surface area contributed by atoms with Crippen LogP contribution >= 0.6 is 0 Å². The number of nitrogens with one attached hydrogen (secondary N) is 1. The topological polar surface area (TPSA) is 66.4 Å². The van der Waals surface area contributed by atoms with Gasteiger partial charge in [-0.2, -0.15) is 0 Å². The van der Waals surface area contributed by atoms with Gasteiger partial charge in [0.25, 0.3) is 0 Å². The Hall–Kier alpha value is -1.06. The van der Waals surface area contributed by atoms with Gasteiger partial charge in [-0.15, -0.1) is 0 Å². The highest BCUT2D eigenvalue weighted by molar-refractivity contribution is 5.85. The number of hydrogen-bond acceptors (Lipinski definition) is 2. The smallest absolute Gasteiger partial charge is 0.326 e. The van der Waals surface area contributed by atoms with Crippen LogP contribution in [-0.2, 0) is 9.59 Å². The molecule has 0 aromatic heterocycles. The molecule has 1 fully saturated rings. The maximum Gasteiger partial charge on any atom is 0.326 e. The van der Waals surface area contributed by atoms with Crippen LogP contribution in [0, 0.1) is 23.7 Å². The lowest BCUT2D eigenvalue weighted by Gasteiger charge is -2.31. The van der Waals surface area contributed by atoms with E-state index in [2.05, 4.69) is 19.2 Å². The molecule has 116 valence electrons. The fourth-order valence-electron chi connectivity index (χ4n) is 3.00. The largest absolute Gasteiger partial charge is 0.480 e. The van der Waals surface area contributed by atoms with Crippen LogP contribution in [0.15, 0.2) is 0 Å². The van der Waals surface area contributed by atoms with Gasteiger partial charge in [-0.05, 0) is 43.4 Å². The number of amides is 1. The number of hydrogen-bond donors (Lipinski definition) is 2. The van der Waals surface area contributed by atoms with E-state index in [4.69, 9.17) is 0 Å². The number of carboxylic acids is 1. The number of carbonyl (C=O) groups excluding carboxylic acids is 1. The Morgan fingerprint density at radius 3 is 2.10 bits per heavy atom. The van der Waals surface area contributed by atoms with Crippen molar-refractivity contribution in [2.75, 3.05) is 0 Å². The normalized spacial score (nSPS) is 26.1. The van der Waals surface area contributed by atoms with Crippen LogP contribution in [0.3, 0.4) is 0 Å². The van der Waals surface area contributed by atoms with E-state index >= 15 is 0 Å². The van der Waals surface area contributed by atoms with Crippen LogP contribution in [0.1, 0.15) is 59.8 Å². The van der Waals surface area contributed by atoms with E-state index < -0.39 is 12.0 Å². The van der Waals surface area contributed by atoms with E-state index in [9.17, 15) is 14.7 Å². The van der Waals surface area contributed by atoms with Gasteiger partial charge in [0, 0.05) is 5.92 Å². The van der Waals surface area contributed by atoms with Crippen molar-refractivity contribution in [3.8, 4) is 0 Å². The van der Waals surface area contributed by atoms with Gasteiger partial charge in [0.15, 0.2) is 0 Å². The monoisotopic (exact) mass is 283 g/mol. The number of carboxylic acid groups (broad SMARTS) is 1. The van der Waals surface area contributed by atoms with Gasteiger partial charge >= 0.3 is 5.97 Å². The first-order chi connectivity index (χ1) is 9.36. The van der Waals surface area contributed by atoms with Crippen molar-refractivity contribution in [1.29, 1.82) is 0 Å². The van der Waals surface area contributed by atoms with Crippen molar-refractivity contribution < 1.29 is 14.7 Å². The third-order valence-electron chi connectivity index (χ3n) is 4.86. The molecule has 0 spiro atoms. The van der Waals surface area contributed by atoms with Gasteiger partial charge in [0.1, 0.15) is 6.04 Å². The third-order valence-corrected chi connectivity index (χ3v) is 4.86. The molecular weight excluding hydrogens is 254 g/mol. The van der Waals surface area contributed by atoms with Crippen molar-refractivity contribution in [3.05, 3.63) is 0 Å². The number of rotatable bonds is 6. The van der Waals surface area contributed by atoms with Crippen LogP contribution in [-0.4, -0.2) is 23.0 Å². The zero-order valence-corrected chi connectivity index (χ0v) is 13.2. The lowest BCUT2D eigenvalue weighted by atomic mass is 9.76. The minimum absolute atomic E-state index is 0.00379. The van der Waals surface area contributed by atoms with Gasteiger partial charge in [-0.25, -0.2) is 4.79 Å². The first-order valence-electron chi connectivity index (χ1n) is 7.89. The summed E-state index contributed by atoms with van der Waals surface area (Å²) < 4.78 is 0. The van der Waals surface area contributed by atoms with Crippen LogP contribution < -0.4 is 5.32 Å². The molecule has 1 saturated carbocycles. The lowest BCUT2D eigenvalue weighted by molar-refractivity contribution is -0.144. The fourth-order valence-corrected chi connectivity index (χ4v) is 3.00. The zero-order chi connectivity index (χ0) is 15.3. The number of carbonyl (C=O) groups is 2. The SMILES string of the molecule is CC[C@@H](C)[C@H](NC(=O)C1CCC(C(C)C)CC1)C(=O)O. The summed E-state index contributed by atoms with van der Waals surface area (Å²) in [6, 6.07) is -0.754. The molecule has 2 N–H and O–H groups in total. The Balaban J connectivity index is 2.52. The summed E-state index contributed by atoms with van der Waals surface area (Å²) in [5.74, 6) is 0.345. The lowest BCUT2D eigenvalue weighted by Crippen LogP contribution is -2.47. The molecule has 0 bridgehead atoms. The third kappa shape index (κ3) is 4.50. The maximum absolute atomic E-state index is 12.2. The molecule has 2 atom stereocenters. The van der Waals surface area contributed by atoms with Crippen molar-refractivity contribution in [2.45, 2.75) is 65.8 Å². The fraction of sp³-hybridized carbons (Fsp3) is 0.875. The molecule has 1 aliphatic carbocycles. The van der Waals surface area contributed by atoms with E-state index in [-0.39, 0.29) is 17.7 Å². The Morgan fingerprint density at radius 1 is 1.15 bits per heavy atom. The highest BCUT2D eigenvalue weighted by Gasteiger charge is 2.31. The first-order valence-corrected chi connectivity index (χ1v) is 7.89. The molecule has 0 aliphatic heterocycles. The Kier molecular flexibility index (Phi) is 6.50. The van der Waals surface area contributed by atoms with Crippen molar-refractivity contribution in [3.63, 3.8) is 0 Å². The second-order valence-electron chi connectivity index (χ2n) is 6.57. The first kappa shape index (κ1) is 17.0. The number of aliphatic carboxylic acids is 1. The van der Waals surface area contributed by atoms with E-state index in [0.29, 0.717) is 11.8 Å². The molecule has 4 nitrogen and oxygen atoms in total. The molecule has 4 heteroatoms. The minimum Gasteiger partial charge on any atom is -0.480 e. The van der Waals surface area contributed by atoms with Gasteiger partial charge in [0.05, 0.1) is 0 Å². The Morgan fingerprint density at radius 2 is 1.70 bits per heavy atom. The summed E-state index contributed by atoms with van der Waals surface area (Å²) in [4.78, 5) is 23.5. The molecule has 0 aromatic carbocycles. The van der Waals surface area contributed by atoms with Gasteiger partial charge < -0.3 is 10.4 Å². The van der Waals surface area contributed by atoms with Crippen LogP contribution in [0.5, 0.6) is 0 Å². The predicted molar refractivity (Wildman–Crippen MR) is 79.3 cm³/mol. The van der Waals surface area contributed by atoms with Gasteiger partial charge in [-0.1, -0.05) is 34.1 Å². The maximum atomic E-state index is 12.2. The highest BCUT2D eigenvalue weighted by atomic mass is 16.4. The minimum atomic E-state index is -0.927. The molecular formula is C16H29NO3. The summed E-state index contributed by atoms with van der Waals surface area (Å²) in [6.07, 6.45) is 4.69. The van der Waals surface area contributed by atoms with E-state index in [1.807, 2.05) is 13.8 Å². The molecule has 0 aromatic rings. The van der Waals surface area contributed by atoms with E-state index in [1.54, 1.807) is 0 Å².